The van der Waals surface area contributed by atoms with Gasteiger partial charge in [-0.1, -0.05) is 59.7 Å². The topological polar surface area (TPSA) is 104 Å². The largest absolute Gasteiger partial charge is 0.496 e. The lowest BCUT2D eigenvalue weighted by molar-refractivity contribution is -0.156. The minimum atomic E-state index is -1.05. The van der Waals surface area contributed by atoms with E-state index in [1.54, 1.807) is 18.2 Å². The average Bonchev–Trinajstić information content (AvgIpc) is 3.57. The van der Waals surface area contributed by atoms with E-state index in [0.29, 0.717) is 25.4 Å². The van der Waals surface area contributed by atoms with Gasteiger partial charge >= 0.3 is 5.97 Å². The monoisotopic (exact) mass is 580 g/mol. The van der Waals surface area contributed by atoms with Gasteiger partial charge in [-0.05, 0) is 41.4 Å². The molecule has 2 aliphatic rings. The number of carboxylic acids is 1. The summed E-state index contributed by atoms with van der Waals surface area (Å²) in [6.07, 6.45) is 2.42. The number of nitrogens with zero attached hydrogens (tertiary/aromatic N) is 3. The molecule has 1 amide bonds. The molecule has 2 N–H and O–H groups in total. The van der Waals surface area contributed by atoms with Gasteiger partial charge in [0.2, 0.25) is 0 Å². The number of carboxylic acid groups (broad SMARTS) is 1. The Hall–Kier alpha value is -3.17. The van der Waals surface area contributed by atoms with Crippen molar-refractivity contribution in [1.82, 2.24) is 15.2 Å². The normalized spacial score (nSPS) is 24.6. The van der Waals surface area contributed by atoms with Crippen molar-refractivity contribution < 1.29 is 24.2 Å². The van der Waals surface area contributed by atoms with Gasteiger partial charge < -0.3 is 29.7 Å². The molecule has 0 unspecified atom stereocenters. The van der Waals surface area contributed by atoms with E-state index in [-0.39, 0.29) is 11.3 Å². The first-order valence-electron chi connectivity index (χ1n) is 14.9. The highest BCUT2D eigenvalue weighted by atomic mass is 16.5. The summed E-state index contributed by atoms with van der Waals surface area (Å²) in [5.41, 5.74) is 2.45. The Labute approximate surface area is 250 Å². The standard InChI is InChI=1S/C33H48N4O5/c1-32(2,3)21-14-15-23(41-9)20(18-21)19-35-26-25(33(4,5)6)28(31(39)40)37(30(38)24-13-11-17-42-24)27(26)22-12-10-16-34-29(22)36(7)8/h10,12,14-16,18,24-28,35H,11,13,17,19H2,1-9H3,(H,39,40)/t24-,25-,26-,27-,28-/m0/s1. The lowest BCUT2D eigenvalue weighted by Crippen LogP contribution is -2.50. The molecule has 230 valence electrons. The second kappa shape index (κ2) is 12.2. The van der Waals surface area contributed by atoms with Gasteiger partial charge in [0.05, 0.1) is 13.2 Å². The van der Waals surface area contributed by atoms with E-state index in [0.717, 1.165) is 23.3 Å². The Bertz CT molecular complexity index is 1280. The lowest BCUT2D eigenvalue weighted by atomic mass is 9.72. The molecule has 42 heavy (non-hydrogen) atoms. The molecule has 9 heteroatoms. The minimum Gasteiger partial charge on any atom is -0.496 e. The molecule has 3 heterocycles. The number of rotatable bonds is 8. The summed E-state index contributed by atoms with van der Waals surface area (Å²) in [7, 11) is 5.48. The van der Waals surface area contributed by atoms with E-state index in [9.17, 15) is 14.7 Å². The molecule has 1 aromatic carbocycles. The van der Waals surface area contributed by atoms with Crippen molar-refractivity contribution in [3.8, 4) is 5.75 Å². The fourth-order valence-electron chi connectivity index (χ4n) is 6.62. The molecule has 0 spiro atoms. The molecule has 1 aromatic heterocycles. The zero-order valence-electron chi connectivity index (χ0n) is 26.6. The zero-order chi connectivity index (χ0) is 31.0. The molecule has 2 aliphatic heterocycles. The van der Waals surface area contributed by atoms with Crippen molar-refractivity contribution in [1.29, 1.82) is 0 Å². The number of hydrogen-bond donors (Lipinski definition) is 2. The van der Waals surface area contributed by atoms with E-state index in [1.807, 2.05) is 37.2 Å². The third-order valence-electron chi connectivity index (χ3n) is 8.61. The van der Waals surface area contributed by atoms with E-state index < -0.39 is 41.5 Å². The number of aromatic nitrogens is 1. The number of amides is 1. The molecule has 2 aromatic rings. The van der Waals surface area contributed by atoms with Crippen molar-refractivity contribution in [2.75, 3.05) is 32.7 Å². The quantitative estimate of drug-likeness (QED) is 0.460. The van der Waals surface area contributed by atoms with Crippen molar-refractivity contribution in [2.24, 2.45) is 11.3 Å². The summed E-state index contributed by atoms with van der Waals surface area (Å²) in [5.74, 6) is -0.250. The number of hydrogen-bond acceptors (Lipinski definition) is 7. The predicted octanol–water partition coefficient (Wildman–Crippen LogP) is 4.79. The highest BCUT2D eigenvalue weighted by Gasteiger charge is 2.59. The van der Waals surface area contributed by atoms with Crippen LogP contribution in [0.1, 0.15) is 77.1 Å². The van der Waals surface area contributed by atoms with Crippen LogP contribution in [0.25, 0.3) is 0 Å². The number of nitrogens with one attached hydrogen (secondary N) is 1. The first kappa shape index (κ1) is 31.8. The molecular weight excluding hydrogens is 532 g/mol. The van der Waals surface area contributed by atoms with Crippen molar-refractivity contribution in [3.63, 3.8) is 0 Å². The van der Waals surface area contributed by atoms with Crippen LogP contribution in [0, 0.1) is 11.3 Å². The maximum absolute atomic E-state index is 14.2. The Morgan fingerprint density at radius 1 is 1.17 bits per heavy atom. The fourth-order valence-corrected chi connectivity index (χ4v) is 6.62. The number of ether oxygens (including phenoxy) is 2. The predicted molar refractivity (Wildman–Crippen MR) is 164 cm³/mol. The van der Waals surface area contributed by atoms with Gasteiger partial charge in [0.1, 0.15) is 23.7 Å². The Kier molecular flexibility index (Phi) is 9.23. The van der Waals surface area contributed by atoms with Crippen LogP contribution in [0.4, 0.5) is 5.82 Å². The number of benzene rings is 1. The van der Waals surface area contributed by atoms with E-state index in [4.69, 9.17) is 9.47 Å². The molecule has 0 saturated carbocycles. The average molecular weight is 581 g/mol. The van der Waals surface area contributed by atoms with Gasteiger partial charge in [0, 0.05) is 56.5 Å². The highest BCUT2D eigenvalue weighted by molar-refractivity contribution is 5.88. The second-order valence-corrected chi connectivity index (χ2v) is 13.9. The van der Waals surface area contributed by atoms with Gasteiger partial charge in [0.15, 0.2) is 0 Å². The van der Waals surface area contributed by atoms with Crippen molar-refractivity contribution in [3.05, 3.63) is 53.2 Å². The number of methoxy groups -OCH3 is 1. The van der Waals surface area contributed by atoms with Gasteiger partial charge in [0.25, 0.3) is 5.91 Å². The number of likely N-dealkylation sites (tertiary alicyclic amines) is 1. The van der Waals surface area contributed by atoms with Crippen LogP contribution in [0.15, 0.2) is 36.5 Å². The molecule has 2 fully saturated rings. The van der Waals surface area contributed by atoms with Crippen LogP contribution in [-0.4, -0.2) is 72.9 Å². The highest BCUT2D eigenvalue weighted by Crippen LogP contribution is 2.50. The zero-order valence-corrected chi connectivity index (χ0v) is 26.6. The Balaban J connectivity index is 1.89. The molecule has 0 radical (unpaired) electrons. The molecule has 5 atom stereocenters. The lowest BCUT2D eigenvalue weighted by Gasteiger charge is -2.35. The summed E-state index contributed by atoms with van der Waals surface area (Å²) < 4.78 is 11.6. The van der Waals surface area contributed by atoms with Crippen LogP contribution in [0.3, 0.4) is 0 Å². The third-order valence-corrected chi connectivity index (χ3v) is 8.61. The number of carbonyl (C=O) groups is 2. The molecule has 0 bridgehead atoms. The number of carbonyl (C=O) groups excluding carboxylic acids is 1. The minimum absolute atomic E-state index is 0.0555. The number of anilines is 1. The van der Waals surface area contributed by atoms with Crippen LogP contribution < -0.4 is 15.0 Å². The summed E-state index contributed by atoms with van der Waals surface area (Å²) in [6.45, 7) is 13.6. The number of pyridine rings is 1. The SMILES string of the molecule is COc1ccc(C(C)(C)C)cc1CN[C@H]1[C@H](C(C)(C)C)[C@@H](C(=O)O)N(C(=O)[C@@H]2CCCO2)[C@H]1c1cccnc1N(C)C. The first-order chi connectivity index (χ1) is 19.7. The van der Waals surface area contributed by atoms with E-state index >= 15 is 0 Å². The maximum atomic E-state index is 14.2. The molecule has 4 rings (SSSR count). The smallest absolute Gasteiger partial charge is 0.326 e. The first-order valence-corrected chi connectivity index (χ1v) is 14.9. The van der Waals surface area contributed by atoms with E-state index in [2.05, 4.69) is 64.0 Å². The van der Waals surface area contributed by atoms with Crippen LogP contribution >= 0.6 is 0 Å². The molecule has 9 nitrogen and oxygen atoms in total. The van der Waals surface area contributed by atoms with Crippen molar-refractivity contribution in [2.45, 2.75) is 90.6 Å². The second-order valence-electron chi connectivity index (χ2n) is 13.9. The summed E-state index contributed by atoms with van der Waals surface area (Å²) in [5, 5.41) is 14.5. The van der Waals surface area contributed by atoms with Gasteiger partial charge in [-0.2, -0.15) is 0 Å². The summed E-state index contributed by atoms with van der Waals surface area (Å²) in [4.78, 5) is 35.5. The Morgan fingerprint density at radius 2 is 1.88 bits per heavy atom. The number of aliphatic carboxylic acids is 1. The summed E-state index contributed by atoms with van der Waals surface area (Å²) >= 11 is 0. The fraction of sp³-hybridized carbons (Fsp3) is 0.606. The van der Waals surface area contributed by atoms with Crippen LogP contribution in [0.2, 0.25) is 0 Å². The van der Waals surface area contributed by atoms with Gasteiger partial charge in [-0.25, -0.2) is 9.78 Å². The maximum Gasteiger partial charge on any atom is 0.326 e. The van der Waals surface area contributed by atoms with Crippen molar-refractivity contribution >= 4 is 17.7 Å². The Morgan fingerprint density at radius 3 is 2.43 bits per heavy atom. The molecule has 2 saturated heterocycles. The van der Waals surface area contributed by atoms with Crippen LogP contribution in [-0.2, 0) is 26.3 Å². The van der Waals surface area contributed by atoms with Crippen LogP contribution in [0.5, 0.6) is 5.75 Å². The van der Waals surface area contributed by atoms with E-state index in [1.165, 1.54) is 5.56 Å². The molecular formula is C33H48N4O5. The van der Waals surface area contributed by atoms with Gasteiger partial charge in [-0.3, -0.25) is 4.79 Å². The third kappa shape index (κ3) is 6.27. The summed E-state index contributed by atoms with van der Waals surface area (Å²) in [6, 6.07) is 8.00. The molecule has 0 aliphatic carbocycles. The van der Waals surface area contributed by atoms with Gasteiger partial charge in [-0.15, -0.1) is 0 Å².